The zero-order chi connectivity index (χ0) is 19.3. The van der Waals surface area contributed by atoms with E-state index in [2.05, 4.69) is 0 Å². The Morgan fingerprint density at radius 1 is 1.04 bits per heavy atom. The molecule has 138 valence electrons. The summed E-state index contributed by atoms with van der Waals surface area (Å²) in [5.74, 6) is -0.146. The van der Waals surface area contributed by atoms with E-state index in [1.54, 1.807) is 13.2 Å². The maximum Gasteiger partial charge on any atom is 0.306 e. The second kappa shape index (κ2) is 8.47. The van der Waals surface area contributed by atoms with E-state index in [-0.39, 0.29) is 31.0 Å². The topological polar surface area (TPSA) is 74.6 Å². The number of hydrogen-bond acceptors (Lipinski definition) is 5. The van der Waals surface area contributed by atoms with Crippen LogP contribution in [0.1, 0.15) is 41.5 Å². The number of carbonyl (C=O) groups is 3. The van der Waals surface area contributed by atoms with Gasteiger partial charge in [0, 0.05) is 29.1 Å². The Labute approximate surface area is 152 Å². The van der Waals surface area contributed by atoms with E-state index in [4.69, 9.17) is 9.47 Å². The molecule has 0 unspecified atom stereocenters. The minimum Gasteiger partial charge on any atom is -0.497 e. The molecule has 0 radical (unpaired) electrons. The van der Waals surface area contributed by atoms with Gasteiger partial charge in [-0.15, -0.1) is 0 Å². The van der Waals surface area contributed by atoms with Gasteiger partial charge in [0.25, 0.3) is 0 Å². The molecule has 0 aliphatic heterocycles. The number of esters is 1. The molecule has 1 aromatic heterocycles. The van der Waals surface area contributed by atoms with Crippen molar-refractivity contribution in [3.63, 3.8) is 0 Å². The molecular weight excluding hydrogens is 334 g/mol. The van der Waals surface area contributed by atoms with Crippen molar-refractivity contribution < 1.29 is 23.9 Å². The van der Waals surface area contributed by atoms with E-state index in [1.165, 1.54) is 6.92 Å². The third kappa shape index (κ3) is 4.59. The van der Waals surface area contributed by atoms with Gasteiger partial charge in [0.1, 0.15) is 11.5 Å². The van der Waals surface area contributed by atoms with Crippen LogP contribution in [0, 0.1) is 13.8 Å². The number of ketones is 2. The molecule has 2 aromatic rings. The Kier molecular flexibility index (Phi) is 6.33. The van der Waals surface area contributed by atoms with Crippen molar-refractivity contribution in [1.29, 1.82) is 0 Å². The zero-order valence-electron chi connectivity index (χ0n) is 15.5. The molecule has 0 amide bonds. The number of rotatable bonds is 8. The molecule has 6 heteroatoms. The van der Waals surface area contributed by atoms with Crippen LogP contribution in [-0.4, -0.2) is 35.8 Å². The summed E-state index contributed by atoms with van der Waals surface area (Å²) < 4.78 is 12.1. The third-order valence-corrected chi connectivity index (χ3v) is 4.11. The second-order valence-corrected chi connectivity index (χ2v) is 6.10. The molecule has 0 aliphatic rings. The first kappa shape index (κ1) is 19.4. The normalized spacial score (nSPS) is 10.5. The van der Waals surface area contributed by atoms with Crippen molar-refractivity contribution in [2.24, 2.45) is 0 Å². The molecule has 1 heterocycles. The highest BCUT2D eigenvalue weighted by Gasteiger charge is 2.18. The van der Waals surface area contributed by atoms with Crippen molar-refractivity contribution in [3.05, 3.63) is 47.3 Å². The van der Waals surface area contributed by atoms with Gasteiger partial charge in [-0.3, -0.25) is 9.59 Å². The maximum atomic E-state index is 12.4. The number of ether oxygens (including phenoxy) is 2. The van der Waals surface area contributed by atoms with Gasteiger partial charge in [-0.1, -0.05) is 0 Å². The van der Waals surface area contributed by atoms with Crippen LogP contribution >= 0.6 is 0 Å². The first-order chi connectivity index (χ1) is 12.3. The lowest BCUT2D eigenvalue weighted by molar-refractivity contribution is -0.143. The second-order valence-electron chi connectivity index (χ2n) is 6.10. The SMILES string of the molecule is COc1ccc(-n2c(C)cc(C(=O)COC(=O)CCC(C)=O)c2C)cc1. The first-order valence-electron chi connectivity index (χ1n) is 8.35. The Morgan fingerprint density at radius 2 is 1.69 bits per heavy atom. The van der Waals surface area contributed by atoms with E-state index < -0.39 is 5.97 Å². The van der Waals surface area contributed by atoms with Gasteiger partial charge in [0.05, 0.1) is 13.5 Å². The van der Waals surface area contributed by atoms with Gasteiger partial charge in [0.2, 0.25) is 5.78 Å². The molecule has 0 spiro atoms. The maximum absolute atomic E-state index is 12.4. The number of Topliss-reactive ketones (excluding diaryl/α,β-unsaturated/α-hetero) is 2. The Morgan fingerprint density at radius 3 is 2.27 bits per heavy atom. The van der Waals surface area contributed by atoms with Crippen LogP contribution in [0.5, 0.6) is 5.75 Å². The predicted molar refractivity (Wildman–Crippen MR) is 97.0 cm³/mol. The molecule has 26 heavy (non-hydrogen) atoms. The quantitative estimate of drug-likeness (QED) is 0.536. The minimum atomic E-state index is -0.544. The zero-order valence-corrected chi connectivity index (χ0v) is 15.5. The van der Waals surface area contributed by atoms with Gasteiger partial charge in [-0.25, -0.2) is 0 Å². The highest BCUT2D eigenvalue weighted by Crippen LogP contribution is 2.23. The van der Waals surface area contributed by atoms with Gasteiger partial charge >= 0.3 is 5.97 Å². The van der Waals surface area contributed by atoms with Crippen LogP contribution in [0.3, 0.4) is 0 Å². The molecule has 0 saturated heterocycles. The van der Waals surface area contributed by atoms with Crippen molar-refractivity contribution in [2.75, 3.05) is 13.7 Å². The van der Waals surface area contributed by atoms with Crippen LogP contribution in [0.4, 0.5) is 0 Å². The number of benzene rings is 1. The summed E-state index contributed by atoms with van der Waals surface area (Å²) in [5, 5.41) is 0. The van der Waals surface area contributed by atoms with Crippen LogP contribution in [0.2, 0.25) is 0 Å². The largest absolute Gasteiger partial charge is 0.497 e. The standard InChI is InChI=1S/C20H23NO5/c1-13-11-18(19(23)12-26-20(24)10-5-14(2)22)15(3)21(13)16-6-8-17(25-4)9-7-16/h6-9,11H,5,10,12H2,1-4H3. The van der Waals surface area contributed by atoms with Gasteiger partial charge in [-0.2, -0.15) is 0 Å². The Balaban J connectivity index is 2.11. The molecule has 2 rings (SSSR count). The third-order valence-electron chi connectivity index (χ3n) is 4.11. The fourth-order valence-electron chi connectivity index (χ4n) is 2.75. The first-order valence-corrected chi connectivity index (χ1v) is 8.35. The monoisotopic (exact) mass is 357 g/mol. The van der Waals surface area contributed by atoms with Gasteiger partial charge in [-0.05, 0) is 51.1 Å². The summed E-state index contributed by atoms with van der Waals surface area (Å²) in [6.45, 7) is 4.84. The summed E-state index contributed by atoms with van der Waals surface area (Å²) in [5.41, 5.74) is 3.10. The lowest BCUT2D eigenvalue weighted by Gasteiger charge is -2.10. The number of aromatic nitrogens is 1. The van der Waals surface area contributed by atoms with E-state index in [1.807, 2.05) is 42.7 Å². The minimum absolute atomic E-state index is 0.00646. The summed E-state index contributed by atoms with van der Waals surface area (Å²) in [4.78, 5) is 34.9. The average molecular weight is 357 g/mol. The average Bonchev–Trinajstić information content (AvgIpc) is 2.92. The molecule has 1 aromatic carbocycles. The Hall–Kier alpha value is -2.89. The van der Waals surface area contributed by atoms with Crippen molar-refractivity contribution in [2.45, 2.75) is 33.6 Å². The van der Waals surface area contributed by atoms with Crippen LogP contribution in [0.15, 0.2) is 30.3 Å². The number of carbonyl (C=O) groups excluding carboxylic acids is 3. The number of methoxy groups -OCH3 is 1. The lowest BCUT2D eigenvalue weighted by atomic mass is 10.1. The fourth-order valence-corrected chi connectivity index (χ4v) is 2.75. The number of nitrogens with zero attached hydrogens (tertiary/aromatic N) is 1. The fraction of sp³-hybridized carbons (Fsp3) is 0.350. The molecule has 0 atom stereocenters. The summed E-state index contributed by atoms with van der Waals surface area (Å²) in [6, 6.07) is 9.31. The van der Waals surface area contributed by atoms with E-state index in [9.17, 15) is 14.4 Å². The highest BCUT2D eigenvalue weighted by atomic mass is 16.5. The summed E-state index contributed by atoms with van der Waals surface area (Å²) in [7, 11) is 1.61. The van der Waals surface area contributed by atoms with E-state index in [0.29, 0.717) is 5.56 Å². The van der Waals surface area contributed by atoms with Crippen molar-refractivity contribution in [3.8, 4) is 11.4 Å². The molecular formula is C20H23NO5. The smallest absolute Gasteiger partial charge is 0.306 e. The van der Waals surface area contributed by atoms with Crippen LogP contribution in [-0.2, 0) is 14.3 Å². The molecule has 0 aliphatic carbocycles. The molecule has 0 bridgehead atoms. The number of hydrogen-bond donors (Lipinski definition) is 0. The van der Waals surface area contributed by atoms with Crippen molar-refractivity contribution >= 4 is 17.5 Å². The van der Waals surface area contributed by atoms with E-state index >= 15 is 0 Å². The summed E-state index contributed by atoms with van der Waals surface area (Å²) in [6.07, 6.45) is 0.118. The molecule has 6 nitrogen and oxygen atoms in total. The molecule has 0 fully saturated rings. The predicted octanol–water partition coefficient (Wildman–Crippen LogP) is 3.20. The van der Waals surface area contributed by atoms with Crippen LogP contribution in [0.25, 0.3) is 5.69 Å². The van der Waals surface area contributed by atoms with E-state index in [0.717, 1.165) is 22.8 Å². The van der Waals surface area contributed by atoms with Crippen LogP contribution < -0.4 is 4.74 Å². The van der Waals surface area contributed by atoms with Crippen molar-refractivity contribution in [1.82, 2.24) is 4.57 Å². The van der Waals surface area contributed by atoms with Gasteiger partial charge in [0.15, 0.2) is 6.61 Å². The highest BCUT2D eigenvalue weighted by molar-refractivity contribution is 5.99. The molecule has 0 saturated carbocycles. The lowest BCUT2D eigenvalue weighted by Crippen LogP contribution is -2.15. The summed E-state index contributed by atoms with van der Waals surface area (Å²) >= 11 is 0. The molecule has 0 N–H and O–H groups in total. The Bertz CT molecular complexity index is 817. The van der Waals surface area contributed by atoms with Gasteiger partial charge < -0.3 is 18.8 Å². The number of aryl methyl sites for hydroxylation is 1.